The van der Waals surface area contributed by atoms with E-state index in [0.29, 0.717) is 0 Å². The van der Waals surface area contributed by atoms with Gasteiger partial charge in [-0.25, -0.2) is 0 Å². The van der Waals surface area contributed by atoms with Crippen molar-refractivity contribution in [1.29, 1.82) is 0 Å². The van der Waals surface area contributed by atoms with Crippen molar-refractivity contribution in [3.63, 3.8) is 0 Å². The van der Waals surface area contributed by atoms with Gasteiger partial charge in [-0.05, 0) is 41.2 Å². The summed E-state index contributed by atoms with van der Waals surface area (Å²) in [6, 6.07) is 4.35. The van der Waals surface area contributed by atoms with E-state index in [4.69, 9.17) is 0 Å². The fraction of sp³-hybridized carbons (Fsp3) is 0.286. The van der Waals surface area contributed by atoms with Crippen molar-refractivity contribution >= 4 is 0 Å². The second-order valence-electron chi connectivity index (χ2n) is 5.08. The molecule has 0 spiro atoms. The molecule has 0 bridgehead atoms. The van der Waals surface area contributed by atoms with Gasteiger partial charge in [0.15, 0.2) is 0 Å². The average molecular weight is 270 g/mol. The second kappa shape index (κ2) is 4.56. The van der Waals surface area contributed by atoms with Gasteiger partial charge >= 0.3 is 0 Å². The monoisotopic (exact) mass is 270 g/mol. The molecule has 0 saturated carbocycles. The van der Waals surface area contributed by atoms with Crippen molar-refractivity contribution in [1.82, 2.24) is 19.3 Å². The molecular weight excluding hydrogens is 252 g/mol. The number of aromatic nitrogens is 6. The Morgan fingerprint density at radius 1 is 0.800 bits per heavy atom. The molecule has 0 aliphatic heterocycles. The summed E-state index contributed by atoms with van der Waals surface area (Å²) in [6.45, 7) is 4.22. The summed E-state index contributed by atoms with van der Waals surface area (Å²) in [5, 5.41) is 8.44. The van der Waals surface area contributed by atoms with Crippen LogP contribution in [0.4, 0.5) is 0 Å². The van der Waals surface area contributed by atoms with Crippen LogP contribution in [0, 0.1) is 13.8 Å². The molecule has 0 N–H and O–H groups in total. The number of benzene rings is 1. The number of hydrogen-bond donors (Lipinski definition) is 0. The Morgan fingerprint density at radius 3 is 1.60 bits per heavy atom. The van der Waals surface area contributed by atoms with Gasteiger partial charge in [0.05, 0.1) is 0 Å². The van der Waals surface area contributed by atoms with E-state index in [2.05, 4.69) is 36.2 Å². The first-order valence-electron chi connectivity index (χ1n) is 6.46. The van der Waals surface area contributed by atoms with Crippen molar-refractivity contribution in [2.24, 2.45) is 14.1 Å². The summed E-state index contributed by atoms with van der Waals surface area (Å²) in [5.74, 6) is 0. The third-order valence-corrected chi connectivity index (χ3v) is 3.37. The Balaban J connectivity index is 2.17. The fourth-order valence-electron chi connectivity index (χ4n) is 2.39. The molecule has 0 unspecified atom stereocenters. The molecule has 0 aliphatic rings. The highest BCUT2D eigenvalue weighted by Crippen LogP contribution is 2.21. The SMILES string of the molecule is Cc1cc(C)c(-n2cn[n+](C)c2)cc1-n1cn[n+](C)c1. The van der Waals surface area contributed by atoms with Gasteiger partial charge in [-0.3, -0.25) is 0 Å². The van der Waals surface area contributed by atoms with Gasteiger partial charge in [0.1, 0.15) is 25.5 Å². The zero-order valence-corrected chi connectivity index (χ0v) is 12.1. The first-order valence-corrected chi connectivity index (χ1v) is 6.46. The lowest BCUT2D eigenvalue weighted by Crippen LogP contribution is -2.28. The molecule has 0 saturated heterocycles. The van der Waals surface area contributed by atoms with Crippen LogP contribution in [-0.2, 0) is 14.1 Å². The van der Waals surface area contributed by atoms with Gasteiger partial charge in [0.2, 0.25) is 12.7 Å². The van der Waals surface area contributed by atoms with Gasteiger partial charge in [0, 0.05) is 6.07 Å². The number of nitrogens with zero attached hydrogens (tertiary/aromatic N) is 6. The van der Waals surface area contributed by atoms with E-state index in [0.717, 1.165) is 11.4 Å². The third-order valence-electron chi connectivity index (χ3n) is 3.37. The zero-order valence-electron chi connectivity index (χ0n) is 12.1. The van der Waals surface area contributed by atoms with Crippen molar-refractivity contribution in [2.75, 3.05) is 0 Å². The van der Waals surface area contributed by atoms with E-state index in [1.807, 2.05) is 48.5 Å². The van der Waals surface area contributed by atoms with Crippen molar-refractivity contribution in [2.45, 2.75) is 13.8 Å². The highest BCUT2D eigenvalue weighted by molar-refractivity contribution is 5.53. The maximum atomic E-state index is 4.22. The molecule has 2 heterocycles. The molecular formula is C14H18N6+2. The molecule has 0 amide bonds. The predicted molar refractivity (Wildman–Crippen MR) is 72.5 cm³/mol. The highest BCUT2D eigenvalue weighted by Gasteiger charge is 2.16. The van der Waals surface area contributed by atoms with Gasteiger partial charge in [0.25, 0.3) is 12.7 Å². The van der Waals surface area contributed by atoms with Gasteiger partial charge in [-0.15, -0.1) is 9.36 Å². The standard InChI is InChI=1S/C14H18N6/c1-11-5-12(2)14(20-8-16-18(4)10-20)6-13(11)19-7-15-17(3)9-19/h5-10H,1-4H3/q+2. The lowest BCUT2D eigenvalue weighted by atomic mass is 10.1. The van der Waals surface area contributed by atoms with Crippen LogP contribution in [0.15, 0.2) is 37.4 Å². The van der Waals surface area contributed by atoms with Crippen LogP contribution < -0.4 is 9.36 Å². The normalized spacial score (nSPS) is 11.0. The number of aryl methyl sites for hydroxylation is 4. The summed E-state index contributed by atoms with van der Waals surface area (Å²) in [5.41, 5.74) is 4.67. The van der Waals surface area contributed by atoms with E-state index < -0.39 is 0 Å². The summed E-state index contributed by atoms with van der Waals surface area (Å²) < 4.78 is 7.62. The van der Waals surface area contributed by atoms with Gasteiger partial charge < -0.3 is 0 Å². The Morgan fingerprint density at radius 2 is 1.25 bits per heavy atom. The van der Waals surface area contributed by atoms with Crippen LogP contribution >= 0.6 is 0 Å². The van der Waals surface area contributed by atoms with Crippen LogP contribution in [0.3, 0.4) is 0 Å². The minimum atomic E-state index is 1.12. The van der Waals surface area contributed by atoms with Crippen LogP contribution in [0.5, 0.6) is 0 Å². The van der Waals surface area contributed by atoms with E-state index in [-0.39, 0.29) is 0 Å². The Bertz CT molecular complexity index is 706. The minimum absolute atomic E-state index is 1.12. The fourth-order valence-corrected chi connectivity index (χ4v) is 2.39. The first kappa shape index (κ1) is 12.5. The molecule has 2 aromatic heterocycles. The van der Waals surface area contributed by atoms with Crippen molar-refractivity contribution in [3.05, 3.63) is 48.6 Å². The lowest BCUT2D eigenvalue weighted by molar-refractivity contribution is -0.728. The maximum Gasteiger partial charge on any atom is 0.270 e. The molecule has 0 aliphatic carbocycles. The summed E-state index contributed by atoms with van der Waals surface area (Å²) >= 11 is 0. The lowest BCUT2D eigenvalue weighted by Gasteiger charge is -2.06. The largest absolute Gasteiger partial charge is 0.270 e. The highest BCUT2D eigenvalue weighted by atomic mass is 15.3. The first-order chi connectivity index (χ1) is 9.54. The molecule has 102 valence electrons. The quantitative estimate of drug-likeness (QED) is 0.630. The summed E-state index contributed by atoms with van der Waals surface area (Å²) in [6.07, 6.45) is 7.54. The van der Waals surface area contributed by atoms with Gasteiger partial charge in [-0.1, -0.05) is 0 Å². The second-order valence-corrected chi connectivity index (χ2v) is 5.08. The molecule has 3 rings (SSSR count). The Labute approximate surface area is 117 Å². The molecule has 6 nitrogen and oxygen atoms in total. The van der Waals surface area contributed by atoms with Crippen LogP contribution in [0.2, 0.25) is 0 Å². The van der Waals surface area contributed by atoms with E-state index in [9.17, 15) is 0 Å². The molecule has 6 heteroatoms. The smallest absolute Gasteiger partial charge is 0.184 e. The van der Waals surface area contributed by atoms with Crippen LogP contribution in [0.1, 0.15) is 11.1 Å². The number of hydrogen-bond acceptors (Lipinski definition) is 2. The maximum absolute atomic E-state index is 4.22. The molecule has 0 fully saturated rings. The van der Waals surface area contributed by atoms with E-state index in [1.54, 1.807) is 9.36 Å². The molecule has 0 radical (unpaired) electrons. The Hall–Kier alpha value is -2.50. The minimum Gasteiger partial charge on any atom is -0.184 e. The van der Waals surface area contributed by atoms with E-state index in [1.165, 1.54) is 11.1 Å². The van der Waals surface area contributed by atoms with Crippen LogP contribution in [0.25, 0.3) is 11.4 Å². The molecule has 0 atom stereocenters. The molecule has 1 aromatic carbocycles. The topological polar surface area (TPSA) is 43.4 Å². The zero-order chi connectivity index (χ0) is 14.3. The van der Waals surface area contributed by atoms with Crippen molar-refractivity contribution in [3.8, 4) is 11.4 Å². The summed E-state index contributed by atoms with van der Waals surface area (Å²) in [7, 11) is 3.83. The van der Waals surface area contributed by atoms with Crippen LogP contribution in [-0.4, -0.2) is 19.3 Å². The molecule has 3 aromatic rings. The Kier molecular flexibility index (Phi) is 2.85. The van der Waals surface area contributed by atoms with E-state index >= 15 is 0 Å². The number of rotatable bonds is 2. The van der Waals surface area contributed by atoms with Gasteiger partial charge in [-0.2, -0.15) is 9.13 Å². The predicted octanol–water partition coefficient (Wildman–Crippen LogP) is 0.324. The third kappa shape index (κ3) is 2.09. The van der Waals surface area contributed by atoms with Crippen molar-refractivity contribution < 1.29 is 9.36 Å². The summed E-state index contributed by atoms with van der Waals surface area (Å²) in [4.78, 5) is 0. The molecule has 20 heavy (non-hydrogen) atoms. The average Bonchev–Trinajstić information content (AvgIpc) is 2.99.